The smallest absolute Gasteiger partial charge is 0.171 e. The van der Waals surface area contributed by atoms with Crippen molar-refractivity contribution in [2.24, 2.45) is 0 Å². The number of phenolic OH excluding ortho intramolecular Hbond substituents is 7. The molecular weight excluding hydrogens is 548 g/mol. The van der Waals surface area contributed by atoms with Crippen LogP contribution in [-0.2, 0) is 0 Å². The summed E-state index contributed by atoms with van der Waals surface area (Å²) < 4.78 is 0. The summed E-state index contributed by atoms with van der Waals surface area (Å²) in [5.74, 6) is -3.98. The largest absolute Gasteiger partial charge is 0.506 e. The molecule has 0 bridgehead atoms. The van der Waals surface area contributed by atoms with E-state index in [0.29, 0.717) is 44.1 Å². The van der Waals surface area contributed by atoms with E-state index in [9.17, 15) is 35.7 Å². The molecule has 9 heteroatoms. The molecule has 2 heterocycles. The molecule has 9 nitrogen and oxygen atoms in total. The molecule has 7 aromatic rings. The highest BCUT2D eigenvalue weighted by Gasteiger charge is 2.31. The van der Waals surface area contributed by atoms with Crippen LogP contribution in [0, 0.1) is 27.7 Å². The molecule has 214 valence electrons. The molecule has 0 aliphatic rings. The van der Waals surface area contributed by atoms with Gasteiger partial charge in [0, 0.05) is 38.5 Å². The van der Waals surface area contributed by atoms with Gasteiger partial charge >= 0.3 is 0 Å². The van der Waals surface area contributed by atoms with Crippen molar-refractivity contribution in [1.82, 2.24) is 9.97 Å². The van der Waals surface area contributed by atoms with Crippen molar-refractivity contribution in [3.8, 4) is 51.5 Å². The Morgan fingerprint density at radius 2 is 0.907 bits per heavy atom. The molecule has 2 aromatic heterocycles. The molecule has 0 spiro atoms. The van der Waals surface area contributed by atoms with Crippen LogP contribution in [0.25, 0.3) is 65.4 Å². The summed E-state index contributed by atoms with van der Waals surface area (Å²) in [7, 11) is 0. The summed E-state index contributed by atoms with van der Waals surface area (Å²) in [6.45, 7) is 6.68. The number of benzene rings is 5. The Morgan fingerprint density at radius 1 is 0.442 bits per heavy atom. The van der Waals surface area contributed by atoms with Gasteiger partial charge in [-0.15, -0.1) is 0 Å². The quantitative estimate of drug-likeness (QED) is 0.0615. The summed E-state index contributed by atoms with van der Waals surface area (Å²) >= 11 is 0. The van der Waals surface area contributed by atoms with E-state index < -0.39 is 40.2 Å². The van der Waals surface area contributed by atoms with Crippen LogP contribution in [0.1, 0.15) is 22.3 Å². The normalized spacial score (nSPS) is 11.9. The number of phenols is 7. The zero-order valence-electron chi connectivity index (χ0n) is 23.6. The van der Waals surface area contributed by atoms with E-state index in [1.54, 1.807) is 52.1 Å². The van der Waals surface area contributed by atoms with Crippen LogP contribution in [0.15, 0.2) is 42.6 Å². The van der Waals surface area contributed by atoms with E-state index in [1.165, 1.54) is 0 Å². The number of hydrogen-bond donors (Lipinski definition) is 7. The first kappa shape index (κ1) is 26.2. The number of aryl methyl sites for hydroxylation is 2. The van der Waals surface area contributed by atoms with Crippen LogP contribution in [0.3, 0.4) is 0 Å². The van der Waals surface area contributed by atoms with Crippen molar-refractivity contribution in [2.45, 2.75) is 27.7 Å². The van der Waals surface area contributed by atoms with Crippen LogP contribution in [0.4, 0.5) is 0 Å². The standard InChI is InChI=1S/C34H26N2O7/c1-12-14(3)28(37)32(41)22-19(12)20-13(2)15(4)29(38)33(42)23(20)25-24(22)30(39)21(31(40)34(25)43)18-10-9-17-8-7-16-6-5-11-35-26(16)27(17)36-18/h5-11,37-43H,1-4H3. The van der Waals surface area contributed by atoms with Crippen LogP contribution in [-0.4, -0.2) is 45.7 Å². The van der Waals surface area contributed by atoms with Gasteiger partial charge in [-0.1, -0.05) is 24.3 Å². The number of nitrogens with zero attached hydrogens (tertiary/aromatic N) is 2. The van der Waals surface area contributed by atoms with E-state index in [0.717, 1.165) is 10.8 Å². The zero-order chi connectivity index (χ0) is 30.6. The average Bonchev–Trinajstić information content (AvgIpc) is 3.01. The Bertz CT molecular complexity index is 2370. The maximum atomic E-state index is 11.9. The monoisotopic (exact) mass is 574 g/mol. The van der Waals surface area contributed by atoms with Crippen molar-refractivity contribution in [2.75, 3.05) is 0 Å². The lowest BCUT2D eigenvalue weighted by molar-refractivity contribution is 0.401. The Balaban J connectivity index is 1.76. The second-order valence-corrected chi connectivity index (χ2v) is 11.0. The predicted octanol–water partition coefficient (Wildman–Crippen LogP) is 7.08. The second kappa shape index (κ2) is 8.65. The van der Waals surface area contributed by atoms with Crippen molar-refractivity contribution >= 4 is 54.1 Å². The molecule has 0 unspecified atom stereocenters. The summed E-state index contributed by atoms with van der Waals surface area (Å²) in [5, 5.41) is 81.3. The topological polar surface area (TPSA) is 167 Å². The average molecular weight is 575 g/mol. The summed E-state index contributed by atoms with van der Waals surface area (Å²) in [6.07, 6.45) is 1.63. The highest BCUT2D eigenvalue weighted by molar-refractivity contribution is 6.34. The van der Waals surface area contributed by atoms with Crippen LogP contribution in [0.5, 0.6) is 40.2 Å². The van der Waals surface area contributed by atoms with Gasteiger partial charge in [0.05, 0.1) is 22.3 Å². The molecule has 0 saturated carbocycles. The van der Waals surface area contributed by atoms with E-state index in [4.69, 9.17) is 4.98 Å². The fraction of sp³-hybridized carbons (Fsp3) is 0.118. The van der Waals surface area contributed by atoms with Gasteiger partial charge < -0.3 is 35.7 Å². The first-order valence-electron chi connectivity index (χ1n) is 13.5. The Labute approximate surface area is 243 Å². The zero-order valence-corrected chi connectivity index (χ0v) is 23.6. The summed E-state index contributed by atoms with van der Waals surface area (Å²) in [6, 6.07) is 10.8. The fourth-order valence-corrected chi connectivity index (χ4v) is 6.35. The van der Waals surface area contributed by atoms with Gasteiger partial charge in [-0.2, -0.15) is 0 Å². The molecule has 0 aliphatic carbocycles. The SMILES string of the molecule is Cc1c(O)c(O)c2c(c1C)c1c(C)c(C)c(O)c(O)c1c1c(O)c(-c3ccc4ccc5cccnc5c4n3)c(O)c(O)c21. The number of hydrogen-bond acceptors (Lipinski definition) is 9. The van der Waals surface area contributed by atoms with Crippen molar-refractivity contribution in [3.05, 3.63) is 64.8 Å². The number of aromatic nitrogens is 2. The van der Waals surface area contributed by atoms with Gasteiger partial charge in [-0.25, -0.2) is 4.98 Å². The number of rotatable bonds is 1. The molecular formula is C34H26N2O7. The summed E-state index contributed by atoms with van der Waals surface area (Å²) in [5.41, 5.74) is 2.77. The van der Waals surface area contributed by atoms with Gasteiger partial charge in [0.15, 0.2) is 34.5 Å². The van der Waals surface area contributed by atoms with Gasteiger partial charge in [-0.05, 0) is 72.9 Å². The Kier molecular flexibility index (Phi) is 5.28. The van der Waals surface area contributed by atoms with Crippen molar-refractivity contribution < 1.29 is 35.7 Å². The third-order valence-corrected chi connectivity index (χ3v) is 8.87. The van der Waals surface area contributed by atoms with Crippen molar-refractivity contribution in [1.29, 1.82) is 0 Å². The molecule has 0 radical (unpaired) electrons. The molecule has 0 atom stereocenters. The van der Waals surface area contributed by atoms with Crippen LogP contribution >= 0.6 is 0 Å². The third kappa shape index (κ3) is 3.21. The first-order chi connectivity index (χ1) is 20.5. The molecule has 7 N–H and O–H groups in total. The van der Waals surface area contributed by atoms with Crippen molar-refractivity contribution in [3.63, 3.8) is 0 Å². The number of aromatic hydroxyl groups is 7. The van der Waals surface area contributed by atoms with Gasteiger partial charge in [0.1, 0.15) is 5.75 Å². The number of pyridine rings is 2. The predicted molar refractivity (Wildman–Crippen MR) is 166 cm³/mol. The Hall–Kier alpha value is -5.70. The lowest BCUT2D eigenvalue weighted by Crippen LogP contribution is -1.97. The minimum absolute atomic E-state index is 0.00218. The van der Waals surface area contributed by atoms with E-state index in [1.807, 2.05) is 18.2 Å². The molecule has 0 saturated heterocycles. The maximum Gasteiger partial charge on any atom is 0.171 e. The highest BCUT2D eigenvalue weighted by atomic mass is 16.3. The highest BCUT2D eigenvalue weighted by Crippen LogP contribution is 2.59. The van der Waals surface area contributed by atoms with Crippen LogP contribution in [0.2, 0.25) is 0 Å². The minimum Gasteiger partial charge on any atom is -0.506 e. The number of fused-ring (bicyclic) bond motifs is 9. The fourth-order valence-electron chi connectivity index (χ4n) is 6.35. The van der Waals surface area contributed by atoms with E-state index in [-0.39, 0.29) is 32.8 Å². The van der Waals surface area contributed by atoms with Crippen LogP contribution < -0.4 is 0 Å². The molecule has 43 heavy (non-hydrogen) atoms. The second-order valence-electron chi connectivity index (χ2n) is 11.0. The minimum atomic E-state index is -0.727. The lowest BCUT2D eigenvalue weighted by atomic mass is 9.84. The van der Waals surface area contributed by atoms with E-state index in [2.05, 4.69) is 4.98 Å². The van der Waals surface area contributed by atoms with E-state index >= 15 is 0 Å². The van der Waals surface area contributed by atoms with Gasteiger partial charge in [0.2, 0.25) is 0 Å². The molecule has 7 rings (SSSR count). The summed E-state index contributed by atoms with van der Waals surface area (Å²) in [4.78, 5) is 9.17. The molecule has 0 fully saturated rings. The molecule has 0 amide bonds. The maximum absolute atomic E-state index is 11.9. The molecule has 5 aromatic carbocycles. The lowest BCUT2D eigenvalue weighted by Gasteiger charge is -2.23. The Morgan fingerprint density at radius 3 is 1.49 bits per heavy atom. The molecule has 0 aliphatic heterocycles. The van der Waals surface area contributed by atoms with Gasteiger partial charge in [-0.3, -0.25) is 4.98 Å². The third-order valence-electron chi connectivity index (χ3n) is 8.87. The van der Waals surface area contributed by atoms with Gasteiger partial charge in [0.25, 0.3) is 0 Å². The first-order valence-corrected chi connectivity index (χ1v) is 13.5.